The largest absolute Gasteiger partial charge is 0.494 e. The number of hydrogen-bond donors (Lipinski definition) is 2. The highest BCUT2D eigenvalue weighted by Crippen LogP contribution is 2.30. The van der Waals surface area contributed by atoms with Gasteiger partial charge in [-0.3, -0.25) is 9.11 Å². The predicted octanol–water partition coefficient (Wildman–Crippen LogP) is 0.608. The lowest BCUT2D eigenvalue weighted by Gasteiger charge is -2.42. The summed E-state index contributed by atoms with van der Waals surface area (Å²) in [5, 5.41) is 0. The minimum absolute atomic E-state index is 0.0484. The van der Waals surface area contributed by atoms with Crippen LogP contribution in [-0.2, 0) is 43.4 Å². The van der Waals surface area contributed by atoms with Crippen molar-refractivity contribution in [3.8, 4) is 5.75 Å². The lowest BCUT2D eigenvalue weighted by Crippen LogP contribution is -2.60. The van der Waals surface area contributed by atoms with E-state index in [-0.39, 0.29) is 13.2 Å². The van der Waals surface area contributed by atoms with Gasteiger partial charge in [-0.2, -0.15) is 16.8 Å². The first-order valence-corrected chi connectivity index (χ1v) is 11.5. The molecular weight excluding hydrogens is 448 g/mol. The van der Waals surface area contributed by atoms with Crippen LogP contribution in [0.15, 0.2) is 30.3 Å². The van der Waals surface area contributed by atoms with Crippen molar-refractivity contribution in [2.75, 3.05) is 20.3 Å². The predicted molar refractivity (Wildman–Crippen MR) is 100 cm³/mol. The Kier molecular flexibility index (Phi) is 8.96. The third-order valence-corrected chi connectivity index (χ3v) is 4.97. The molecule has 2 N–H and O–H groups in total. The maximum atomic E-state index is 11.3. The summed E-state index contributed by atoms with van der Waals surface area (Å²) in [6.07, 6.45) is -6.58. The monoisotopic (exact) mass is 472 g/mol. The van der Waals surface area contributed by atoms with Crippen molar-refractivity contribution in [2.45, 2.75) is 44.1 Å². The van der Waals surface area contributed by atoms with E-state index < -0.39 is 51.5 Å². The molecule has 1 aliphatic heterocycles. The Morgan fingerprint density at radius 2 is 1.53 bits per heavy atom. The second kappa shape index (κ2) is 10.8. The third-order valence-electron chi connectivity index (χ3n) is 4.04. The van der Waals surface area contributed by atoms with Crippen LogP contribution in [0.3, 0.4) is 0 Å². The fourth-order valence-electron chi connectivity index (χ4n) is 2.87. The van der Waals surface area contributed by atoms with Gasteiger partial charge in [0.1, 0.15) is 18.0 Å². The molecule has 0 aliphatic carbocycles. The Morgan fingerprint density at radius 1 is 0.933 bits per heavy atom. The maximum absolute atomic E-state index is 11.3. The van der Waals surface area contributed by atoms with Gasteiger partial charge in [-0.15, -0.1) is 0 Å². The number of hydrogen-bond acceptors (Lipinski definition) is 10. The molecular formula is C16H24O12S2. The number of para-hydroxylation sites is 1. The van der Waals surface area contributed by atoms with E-state index in [0.717, 1.165) is 7.11 Å². The number of rotatable bonds is 11. The fourth-order valence-corrected chi connectivity index (χ4v) is 3.85. The zero-order valence-electron chi connectivity index (χ0n) is 16.2. The summed E-state index contributed by atoms with van der Waals surface area (Å²) in [5.41, 5.74) is 0. The highest BCUT2D eigenvalue weighted by Gasteiger charge is 2.50. The Morgan fingerprint density at radius 3 is 2.10 bits per heavy atom. The van der Waals surface area contributed by atoms with Crippen molar-refractivity contribution in [2.24, 2.45) is 0 Å². The van der Waals surface area contributed by atoms with E-state index in [2.05, 4.69) is 8.37 Å². The van der Waals surface area contributed by atoms with Crippen LogP contribution in [0.5, 0.6) is 5.75 Å². The molecule has 0 bridgehead atoms. The molecule has 1 aromatic carbocycles. The van der Waals surface area contributed by atoms with Crippen LogP contribution in [0, 0.1) is 0 Å². The summed E-state index contributed by atoms with van der Waals surface area (Å²) in [6, 6.07) is 9.01. The molecule has 5 atom stereocenters. The summed E-state index contributed by atoms with van der Waals surface area (Å²) in [4.78, 5) is 0. The molecule has 172 valence electrons. The molecule has 0 radical (unpaired) electrons. The molecule has 1 aliphatic rings. The Hall–Kier alpha value is -1.36. The smallest absolute Gasteiger partial charge is 0.397 e. The molecule has 1 heterocycles. The van der Waals surface area contributed by atoms with Crippen LogP contribution in [0.1, 0.15) is 13.3 Å². The van der Waals surface area contributed by atoms with E-state index in [1.165, 1.54) is 6.92 Å². The number of methoxy groups -OCH3 is 1. The average molecular weight is 472 g/mol. The van der Waals surface area contributed by atoms with Gasteiger partial charge in [0.15, 0.2) is 12.4 Å². The van der Waals surface area contributed by atoms with Crippen molar-refractivity contribution in [1.29, 1.82) is 0 Å². The van der Waals surface area contributed by atoms with Crippen LogP contribution < -0.4 is 4.74 Å². The van der Waals surface area contributed by atoms with Gasteiger partial charge < -0.3 is 18.9 Å². The lowest BCUT2D eigenvalue weighted by molar-refractivity contribution is -0.283. The van der Waals surface area contributed by atoms with Gasteiger partial charge in [-0.1, -0.05) is 18.2 Å². The van der Waals surface area contributed by atoms with Crippen LogP contribution in [0.4, 0.5) is 0 Å². The molecule has 1 saturated heterocycles. The summed E-state index contributed by atoms with van der Waals surface area (Å²) < 4.78 is 93.7. The SMILES string of the molecule is CO[C@@H]1O[C@@H](C)[C@H](OCCCOc2ccccc2)[C@@H](OS(=O)(=O)O)[C@H]1OS(=O)(=O)O. The van der Waals surface area contributed by atoms with Crippen molar-refractivity contribution in [3.05, 3.63) is 30.3 Å². The highest BCUT2D eigenvalue weighted by atomic mass is 32.3. The Labute approximate surface area is 174 Å². The van der Waals surface area contributed by atoms with Gasteiger partial charge in [0.25, 0.3) is 0 Å². The molecule has 0 amide bonds. The zero-order valence-corrected chi connectivity index (χ0v) is 17.8. The molecule has 0 aromatic heterocycles. The van der Waals surface area contributed by atoms with E-state index in [0.29, 0.717) is 12.2 Å². The van der Waals surface area contributed by atoms with Crippen molar-refractivity contribution < 1.29 is 53.3 Å². The summed E-state index contributed by atoms with van der Waals surface area (Å²) in [6.45, 7) is 1.83. The standard InChI is InChI=1S/C16H24O12S2/c1-11-13(25-10-6-9-24-12-7-4-3-5-8-12)14(27-29(17,18)19)15(16(23-2)26-11)28-30(20,21)22/h3-5,7-8,11,13-16H,6,9-10H2,1-2H3,(H,17,18,19)(H,20,21,22)/t11-,13-,14+,15+,16+/m0/s1. The van der Waals surface area contributed by atoms with E-state index in [4.69, 9.17) is 28.1 Å². The maximum Gasteiger partial charge on any atom is 0.397 e. The van der Waals surface area contributed by atoms with E-state index >= 15 is 0 Å². The fraction of sp³-hybridized carbons (Fsp3) is 0.625. The van der Waals surface area contributed by atoms with Gasteiger partial charge in [0, 0.05) is 13.5 Å². The minimum Gasteiger partial charge on any atom is -0.494 e. The second-order valence-electron chi connectivity index (χ2n) is 6.27. The van der Waals surface area contributed by atoms with Gasteiger partial charge in [-0.25, -0.2) is 8.37 Å². The first-order chi connectivity index (χ1) is 14.0. The second-order valence-corrected chi connectivity index (χ2v) is 8.37. The molecule has 2 rings (SSSR count). The highest BCUT2D eigenvalue weighted by molar-refractivity contribution is 7.81. The van der Waals surface area contributed by atoms with Gasteiger partial charge >= 0.3 is 20.8 Å². The third kappa shape index (κ3) is 8.05. The van der Waals surface area contributed by atoms with Crippen LogP contribution >= 0.6 is 0 Å². The summed E-state index contributed by atoms with van der Waals surface area (Å²) >= 11 is 0. The van der Waals surface area contributed by atoms with E-state index in [1.54, 1.807) is 12.1 Å². The zero-order chi connectivity index (χ0) is 22.4. The summed E-state index contributed by atoms with van der Waals surface area (Å²) in [7, 11) is -8.95. The Balaban J connectivity index is 2.07. The van der Waals surface area contributed by atoms with Crippen LogP contribution in [-0.4, -0.2) is 77.0 Å². The quantitative estimate of drug-likeness (QED) is 0.341. The molecule has 0 spiro atoms. The van der Waals surface area contributed by atoms with Gasteiger partial charge in [0.2, 0.25) is 0 Å². The van der Waals surface area contributed by atoms with Gasteiger partial charge in [0.05, 0.1) is 19.3 Å². The van der Waals surface area contributed by atoms with Crippen molar-refractivity contribution >= 4 is 20.8 Å². The number of ether oxygens (including phenoxy) is 4. The van der Waals surface area contributed by atoms with E-state index in [9.17, 15) is 16.8 Å². The molecule has 1 fully saturated rings. The molecule has 0 saturated carbocycles. The Bertz CT molecular complexity index is 857. The average Bonchev–Trinajstić information content (AvgIpc) is 2.64. The first kappa shape index (κ1) is 24.9. The lowest BCUT2D eigenvalue weighted by atomic mass is 9.99. The van der Waals surface area contributed by atoms with Gasteiger partial charge in [-0.05, 0) is 19.1 Å². The van der Waals surface area contributed by atoms with Crippen LogP contribution in [0.2, 0.25) is 0 Å². The van der Waals surface area contributed by atoms with E-state index in [1.807, 2.05) is 18.2 Å². The molecule has 0 unspecified atom stereocenters. The first-order valence-electron chi connectivity index (χ1n) is 8.79. The van der Waals surface area contributed by atoms with Crippen molar-refractivity contribution in [3.63, 3.8) is 0 Å². The molecule has 14 heteroatoms. The molecule has 30 heavy (non-hydrogen) atoms. The topological polar surface area (TPSA) is 164 Å². The normalized spacial score (nSPS) is 27.7. The summed E-state index contributed by atoms with van der Waals surface area (Å²) in [5.74, 6) is 0.656. The molecule has 1 aromatic rings. The minimum atomic E-state index is -5.05. The number of benzene rings is 1. The van der Waals surface area contributed by atoms with Crippen LogP contribution in [0.25, 0.3) is 0 Å². The molecule has 12 nitrogen and oxygen atoms in total. The van der Waals surface area contributed by atoms with Crippen molar-refractivity contribution in [1.82, 2.24) is 0 Å².